The lowest BCUT2D eigenvalue weighted by Crippen LogP contribution is -2.12. The van der Waals surface area contributed by atoms with Crippen molar-refractivity contribution in [3.8, 4) is 11.3 Å². The highest BCUT2D eigenvalue weighted by molar-refractivity contribution is 6.30. The maximum absolute atomic E-state index is 11.0. The molecule has 0 unspecified atom stereocenters. The summed E-state index contributed by atoms with van der Waals surface area (Å²) < 4.78 is 1.96. The minimum Gasteiger partial charge on any atom is -0.370 e. The first-order chi connectivity index (χ1) is 12.1. The molecule has 2 heterocycles. The fourth-order valence-electron chi connectivity index (χ4n) is 3.18. The number of benzene rings is 1. The van der Waals surface area contributed by atoms with Gasteiger partial charge in [0.05, 0.1) is 17.4 Å². The summed E-state index contributed by atoms with van der Waals surface area (Å²) in [4.78, 5) is 15.8. The van der Waals surface area contributed by atoms with E-state index in [4.69, 9.17) is 22.3 Å². The van der Waals surface area contributed by atoms with Gasteiger partial charge >= 0.3 is 0 Å². The average Bonchev–Trinajstić information content (AvgIpc) is 3.36. The second kappa shape index (κ2) is 6.48. The quantitative estimate of drug-likeness (QED) is 0.729. The fourth-order valence-corrected chi connectivity index (χ4v) is 3.30. The summed E-state index contributed by atoms with van der Waals surface area (Å²) in [6.45, 7) is 0.675. The highest BCUT2D eigenvalue weighted by Crippen LogP contribution is 2.44. The zero-order chi connectivity index (χ0) is 17.4. The van der Waals surface area contributed by atoms with E-state index in [9.17, 15) is 4.79 Å². The molecule has 128 valence electrons. The van der Waals surface area contributed by atoms with Crippen LogP contribution in [0.25, 0.3) is 22.3 Å². The van der Waals surface area contributed by atoms with E-state index in [1.54, 1.807) is 0 Å². The molecule has 0 aliphatic heterocycles. The Bertz CT molecular complexity index is 928. The minimum atomic E-state index is -0.276. The van der Waals surface area contributed by atoms with Crippen LogP contribution in [0.15, 0.2) is 36.5 Å². The van der Waals surface area contributed by atoms with Crippen molar-refractivity contribution in [2.24, 2.45) is 5.73 Å². The number of nitrogens with zero attached hydrogens (tertiary/aromatic N) is 3. The lowest BCUT2D eigenvalue weighted by atomic mass is 10.0. The molecule has 5 nitrogen and oxygen atoms in total. The van der Waals surface area contributed by atoms with Crippen LogP contribution in [0.4, 0.5) is 0 Å². The van der Waals surface area contributed by atoms with E-state index in [1.165, 1.54) is 18.4 Å². The van der Waals surface area contributed by atoms with Gasteiger partial charge in [0.15, 0.2) is 0 Å². The molecule has 1 amide bonds. The van der Waals surface area contributed by atoms with Crippen molar-refractivity contribution >= 4 is 28.5 Å². The normalized spacial score (nSPS) is 14.1. The molecule has 3 aromatic rings. The van der Waals surface area contributed by atoms with Crippen LogP contribution in [0, 0.1) is 0 Å². The number of nitrogens with two attached hydrogens (primary N) is 1. The molecule has 4 rings (SSSR count). The molecule has 0 atom stereocenters. The number of aromatic nitrogens is 3. The summed E-state index contributed by atoms with van der Waals surface area (Å²) >= 11 is 5.99. The van der Waals surface area contributed by atoms with Gasteiger partial charge in [-0.1, -0.05) is 23.7 Å². The third-order valence-electron chi connectivity index (χ3n) is 4.58. The first-order valence-electron chi connectivity index (χ1n) is 8.52. The van der Waals surface area contributed by atoms with Crippen LogP contribution in [0.5, 0.6) is 0 Å². The van der Waals surface area contributed by atoms with Crippen LogP contribution < -0.4 is 5.73 Å². The Kier molecular flexibility index (Phi) is 4.17. The number of rotatable bonds is 6. The van der Waals surface area contributed by atoms with Crippen molar-refractivity contribution in [1.29, 1.82) is 0 Å². The predicted molar refractivity (Wildman–Crippen MR) is 98.4 cm³/mol. The van der Waals surface area contributed by atoms with Crippen LogP contribution >= 0.6 is 11.6 Å². The Balaban J connectivity index is 1.74. The first kappa shape index (κ1) is 16.1. The second-order valence-corrected chi connectivity index (χ2v) is 6.99. The maximum atomic E-state index is 11.0. The topological polar surface area (TPSA) is 73.8 Å². The van der Waals surface area contributed by atoms with Crippen molar-refractivity contribution < 1.29 is 4.79 Å². The molecule has 0 radical (unpaired) electrons. The smallest absolute Gasteiger partial charge is 0.217 e. The number of hydrogen-bond donors (Lipinski definition) is 1. The van der Waals surface area contributed by atoms with Crippen molar-refractivity contribution in [2.45, 2.75) is 38.1 Å². The van der Waals surface area contributed by atoms with Crippen molar-refractivity contribution in [3.63, 3.8) is 0 Å². The van der Waals surface area contributed by atoms with Gasteiger partial charge in [-0.3, -0.25) is 9.48 Å². The average molecular weight is 355 g/mol. The molecule has 0 saturated heterocycles. The molecular weight excluding hydrogens is 336 g/mol. The van der Waals surface area contributed by atoms with E-state index in [0.717, 1.165) is 27.3 Å². The van der Waals surface area contributed by atoms with Crippen LogP contribution in [0.1, 0.15) is 37.2 Å². The largest absolute Gasteiger partial charge is 0.370 e. The third kappa shape index (κ3) is 3.37. The molecule has 0 spiro atoms. The van der Waals surface area contributed by atoms with Gasteiger partial charge in [-0.15, -0.1) is 0 Å². The molecule has 2 aromatic heterocycles. The molecule has 1 fully saturated rings. The SMILES string of the molecule is NC(=O)CCCn1ncc2nc(-c3ccc(Cl)cc3)cc(C3CC3)c21. The maximum Gasteiger partial charge on any atom is 0.217 e. The first-order valence-corrected chi connectivity index (χ1v) is 8.90. The minimum absolute atomic E-state index is 0.276. The lowest BCUT2D eigenvalue weighted by molar-refractivity contribution is -0.118. The number of halogens is 1. The number of hydrogen-bond acceptors (Lipinski definition) is 3. The number of primary amides is 1. The zero-order valence-corrected chi connectivity index (χ0v) is 14.5. The molecule has 1 aliphatic carbocycles. The van der Waals surface area contributed by atoms with E-state index in [1.807, 2.05) is 35.1 Å². The summed E-state index contributed by atoms with van der Waals surface area (Å²) in [7, 11) is 0. The fraction of sp³-hybridized carbons (Fsp3) is 0.316. The van der Waals surface area contributed by atoms with E-state index < -0.39 is 0 Å². The van der Waals surface area contributed by atoms with Crippen molar-refractivity contribution in [3.05, 3.63) is 47.1 Å². The van der Waals surface area contributed by atoms with E-state index in [-0.39, 0.29) is 5.91 Å². The molecule has 2 N–H and O–H groups in total. The van der Waals surface area contributed by atoms with Crippen molar-refractivity contribution in [1.82, 2.24) is 14.8 Å². The summed E-state index contributed by atoms with van der Waals surface area (Å²) in [6, 6.07) is 9.92. The number of amides is 1. The van der Waals surface area contributed by atoms with Crippen molar-refractivity contribution in [2.75, 3.05) is 0 Å². The van der Waals surface area contributed by atoms with Gasteiger partial charge in [0.2, 0.25) is 5.91 Å². The van der Waals surface area contributed by atoms with E-state index >= 15 is 0 Å². The molecule has 6 heteroatoms. The molecule has 1 aliphatic rings. The van der Waals surface area contributed by atoms with E-state index in [0.29, 0.717) is 25.3 Å². The van der Waals surface area contributed by atoms with Crippen LogP contribution in [-0.2, 0) is 11.3 Å². The highest BCUT2D eigenvalue weighted by atomic mass is 35.5. The van der Waals surface area contributed by atoms with Gasteiger partial charge in [-0.05, 0) is 48.9 Å². The third-order valence-corrected chi connectivity index (χ3v) is 4.83. The standard InChI is InChI=1S/C19H19ClN4O/c20-14-7-5-13(6-8-14)16-10-15(12-3-4-12)19-17(23-16)11-22-24(19)9-1-2-18(21)25/h5-8,10-12H,1-4,9H2,(H2,21,25). The van der Waals surface area contributed by atoms with E-state index in [2.05, 4.69) is 11.2 Å². The Morgan fingerprint density at radius 2 is 2.04 bits per heavy atom. The Hall–Kier alpha value is -2.40. The zero-order valence-electron chi connectivity index (χ0n) is 13.8. The van der Waals surface area contributed by atoms with Gasteiger partial charge in [0.1, 0.15) is 5.52 Å². The monoisotopic (exact) mass is 354 g/mol. The van der Waals surface area contributed by atoms with Gasteiger partial charge in [-0.25, -0.2) is 4.98 Å². The van der Waals surface area contributed by atoms with Crippen LogP contribution in [-0.4, -0.2) is 20.7 Å². The van der Waals surface area contributed by atoms with Crippen LogP contribution in [0.2, 0.25) is 5.02 Å². The Morgan fingerprint density at radius 3 is 2.72 bits per heavy atom. The molecular formula is C19H19ClN4O. The predicted octanol–water partition coefficient (Wildman–Crippen LogP) is 3.89. The number of pyridine rings is 1. The van der Waals surface area contributed by atoms with Crippen LogP contribution in [0.3, 0.4) is 0 Å². The summed E-state index contributed by atoms with van der Waals surface area (Å²) in [5.74, 6) is 0.296. The number of aryl methyl sites for hydroxylation is 1. The second-order valence-electron chi connectivity index (χ2n) is 6.55. The lowest BCUT2D eigenvalue weighted by Gasteiger charge is -2.10. The Labute approximate surface area is 150 Å². The van der Waals surface area contributed by atoms with Gasteiger partial charge in [-0.2, -0.15) is 5.10 Å². The summed E-state index contributed by atoms with van der Waals surface area (Å²) in [6.07, 6.45) is 5.27. The highest BCUT2D eigenvalue weighted by Gasteiger charge is 2.28. The molecule has 1 aromatic carbocycles. The number of fused-ring (bicyclic) bond motifs is 1. The molecule has 25 heavy (non-hydrogen) atoms. The van der Waals surface area contributed by atoms with Gasteiger partial charge in [0, 0.05) is 23.6 Å². The summed E-state index contributed by atoms with van der Waals surface area (Å²) in [5, 5.41) is 5.21. The Morgan fingerprint density at radius 1 is 1.28 bits per heavy atom. The van der Waals surface area contributed by atoms with Gasteiger partial charge in [0.25, 0.3) is 0 Å². The van der Waals surface area contributed by atoms with Gasteiger partial charge < -0.3 is 5.73 Å². The number of carbonyl (C=O) groups excluding carboxylic acids is 1. The number of carbonyl (C=O) groups is 1. The molecule has 0 bridgehead atoms. The molecule has 1 saturated carbocycles. The summed E-state index contributed by atoms with van der Waals surface area (Å²) in [5.41, 5.74) is 10.5.